The van der Waals surface area contributed by atoms with Crippen LogP contribution in [0.2, 0.25) is 0 Å². The number of hydrogen-bond acceptors (Lipinski definition) is 16. The Morgan fingerprint density at radius 3 is 2.28 bits per heavy atom. The van der Waals surface area contributed by atoms with Gasteiger partial charge < -0.3 is 59.1 Å². The molecule has 0 saturated carbocycles. The SMILES string of the molecule is CCOc1c(C)c(=O)c2c(O)c3c4oc5cc(N6CCC(O)CC6)cc(O)c5nc4c2c1C(=O)O/C=C/[C@H](OC)[C@@H](C)[C@@H](OC(C)=O)[C@H](C)[C@H](O)[C@H](C)[C@@H](O)[C@@H](C)/C=C/C=C(/C)C(=O)N3. The molecule has 17 nitrogen and oxygen atoms in total. The first kappa shape index (κ1) is 48.4. The number of amides is 1. The van der Waals surface area contributed by atoms with Gasteiger partial charge in [0.25, 0.3) is 5.91 Å². The molecule has 1 fully saturated rings. The lowest BCUT2D eigenvalue weighted by Crippen LogP contribution is -2.46. The van der Waals surface area contributed by atoms with Crippen molar-refractivity contribution in [1.29, 1.82) is 0 Å². The summed E-state index contributed by atoms with van der Waals surface area (Å²) in [6.07, 6.45) is 3.62. The number of aliphatic hydroxyl groups excluding tert-OH is 3. The number of carbonyl (C=O) groups excluding carboxylic acids is 3. The zero-order valence-electron chi connectivity index (χ0n) is 38.1. The van der Waals surface area contributed by atoms with E-state index in [1.54, 1.807) is 52.8 Å². The van der Waals surface area contributed by atoms with E-state index in [1.165, 1.54) is 46.1 Å². The molecule has 0 aliphatic carbocycles. The molecule has 6 rings (SSSR count). The van der Waals surface area contributed by atoms with E-state index in [0.717, 1.165) is 6.26 Å². The van der Waals surface area contributed by atoms with Crippen LogP contribution in [0, 0.1) is 30.6 Å². The van der Waals surface area contributed by atoms with Crippen LogP contribution < -0.4 is 20.4 Å². The molecule has 3 heterocycles. The first-order chi connectivity index (χ1) is 30.8. The Kier molecular flexibility index (Phi) is 14.9. The number of phenols is 2. The van der Waals surface area contributed by atoms with Crippen LogP contribution in [0.4, 0.5) is 11.4 Å². The van der Waals surface area contributed by atoms with E-state index in [9.17, 15) is 44.7 Å². The van der Waals surface area contributed by atoms with Gasteiger partial charge >= 0.3 is 11.9 Å². The Morgan fingerprint density at radius 1 is 0.938 bits per heavy atom. The van der Waals surface area contributed by atoms with E-state index in [4.69, 9.17) is 28.3 Å². The van der Waals surface area contributed by atoms with Gasteiger partial charge in [0.05, 0.1) is 42.7 Å². The average molecular weight is 902 g/mol. The summed E-state index contributed by atoms with van der Waals surface area (Å²) in [4.78, 5) is 62.0. The van der Waals surface area contributed by atoms with E-state index < -0.39 is 88.6 Å². The normalized spacial score (nSPS) is 27.3. The van der Waals surface area contributed by atoms with Crippen LogP contribution in [0.3, 0.4) is 0 Å². The van der Waals surface area contributed by atoms with Crippen molar-refractivity contribution >= 4 is 62.2 Å². The molecule has 0 spiro atoms. The highest BCUT2D eigenvalue weighted by Crippen LogP contribution is 2.46. The third-order valence-electron chi connectivity index (χ3n) is 12.7. The molecule has 3 aromatic carbocycles. The second-order valence-electron chi connectivity index (χ2n) is 17.1. The highest BCUT2D eigenvalue weighted by Gasteiger charge is 2.40. The number of allylic oxidation sites excluding steroid dienone is 2. The summed E-state index contributed by atoms with van der Waals surface area (Å²) in [5, 5.41) is 58.7. The Labute approximate surface area is 375 Å². The number of benzene rings is 3. The summed E-state index contributed by atoms with van der Waals surface area (Å²) in [5.74, 6) is -6.29. The van der Waals surface area contributed by atoms with Crippen molar-refractivity contribution in [3.05, 3.63) is 69.6 Å². The van der Waals surface area contributed by atoms with Gasteiger partial charge in [-0.1, -0.05) is 45.9 Å². The number of aromatic hydroxyl groups is 2. The summed E-state index contributed by atoms with van der Waals surface area (Å²) in [6, 6.07) is 3.10. The highest BCUT2D eigenvalue weighted by molar-refractivity contribution is 6.23. The molecule has 0 radical (unpaired) electrons. The van der Waals surface area contributed by atoms with E-state index in [1.807, 2.05) is 4.90 Å². The zero-order valence-corrected chi connectivity index (χ0v) is 38.1. The topological polar surface area (TPSA) is 248 Å². The monoisotopic (exact) mass is 901 g/mol. The van der Waals surface area contributed by atoms with Gasteiger partial charge in [0, 0.05) is 85.1 Å². The fourth-order valence-corrected chi connectivity index (χ4v) is 8.81. The van der Waals surface area contributed by atoms with Crippen LogP contribution in [0.25, 0.3) is 33.0 Å². The maximum Gasteiger partial charge on any atom is 0.347 e. The number of anilines is 2. The molecular formula is C48H59N3O14. The van der Waals surface area contributed by atoms with Gasteiger partial charge in [-0.15, -0.1) is 0 Å². The van der Waals surface area contributed by atoms with Gasteiger partial charge in [0.15, 0.2) is 22.3 Å². The molecule has 350 valence electrons. The number of phenolic OH excluding ortho intramolecular Hbond substituents is 2. The van der Waals surface area contributed by atoms with Gasteiger partial charge in [-0.3, -0.25) is 14.4 Å². The van der Waals surface area contributed by atoms with Crippen molar-refractivity contribution in [2.45, 2.75) is 98.8 Å². The summed E-state index contributed by atoms with van der Waals surface area (Å²) in [7, 11) is 1.40. The Morgan fingerprint density at radius 2 is 1.63 bits per heavy atom. The van der Waals surface area contributed by atoms with Crippen molar-refractivity contribution < 1.29 is 63.3 Å². The van der Waals surface area contributed by atoms with Gasteiger partial charge in [-0.05, 0) is 39.7 Å². The number of esters is 2. The lowest BCUT2D eigenvalue weighted by Gasteiger charge is -2.38. The second kappa shape index (κ2) is 20.0. The second-order valence-corrected chi connectivity index (χ2v) is 17.1. The van der Waals surface area contributed by atoms with E-state index in [-0.39, 0.29) is 68.1 Å². The molecule has 17 heteroatoms. The fourth-order valence-electron chi connectivity index (χ4n) is 8.81. The Hall–Kier alpha value is -6.01. The number of piperidine rings is 1. The maximum absolute atomic E-state index is 14.5. The van der Waals surface area contributed by atoms with Gasteiger partial charge in [0.2, 0.25) is 0 Å². The van der Waals surface area contributed by atoms with Gasteiger partial charge in [-0.2, -0.15) is 0 Å². The number of fused-ring (bicyclic) bond motifs is 1. The van der Waals surface area contributed by atoms with Crippen LogP contribution >= 0.6 is 0 Å². The number of nitrogens with one attached hydrogen (secondary N) is 1. The molecule has 1 saturated heterocycles. The minimum atomic E-state index is -1.17. The number of aliphatic hydroxyl groups is 3. The molecule has 4 aromatic rings. The first-order valence-corrected chi connectivity index (χ1v) is 21.8. The van der Waals surface area contributed by atoms with Crippen molar-refractivity contribution in [3.8, 4) is 17.2 Å². The van der Waals surface area contributed by atoms with Crippen molar-refractivity contribution in [2.75, 3.05) is 37.0 Å². The zero-order chi connectivity index (χ0) is 47.6. The third-order valence-corrected chi connectivity index (χ3v) is 12.7. The third kappa shape index (κ3) is 9.69. The minimum Gasteiger partial charge on any atom is -0.505 e. The van der Waals surface area contributed by atoms with Crippen molar-refractivity contribution in [3.63, 3.8) is 0 Å². The number of hydrogen-bond donors (Lipinski definition) is 6. The van der Waals surface area contributed by atoms with Gasteiger partial charge in [0.1, 0.15) is 39.9 Å². The quantitative estimate of drug-likeness (QED) is 0.0590. The van der Waals surface area contributed by atoms with Crippen LogP contribution in [0.5, 0.6) is 17.2 Å². The maximum atomic E-state index is 14.5. The summed E-state index contributed by atoms with van der Waals surface area (Å²) < 4.78 is 29.7. The predicted octanol–water partition coefficient (Wildman–Crippen LogP) is 5.91. The summed E-state index contributed by atoms with van der Waals surface area (Å²) >= 11 is 0. The number of nitrogens with zero attached hydrogens (tertiary/aromatic N) is 2. The summed E-state index contributed by atoms with van der Waals surface area (Å²) in [6.45, 7) is 13.6. The highest BCUT2D eigenvalue weighted by atomic mass is 16.6. The molecule has 2 bridgehead atoms. The summed E-state index contributed by atoms with van der Waals surface area (Å²) in [5.41, 5.74) is -1.36. The molecule has 1 aromatic heterocycles. The Bertz CT molecular complexity index is 2630. The molecule has 0 unspecified atom stereocenters. The van der Waals surface area contributed by atoms with Crippen LogP contribution in [-0.4, -0.2) is 106 Å². The number of methoxy groups -OCH3 is 1. The van der Waals surface area contributed by atoms with E-state index >= 15 is 0 Å². The van der Waals surface area contributed by atoms with E-state index in [2.05, 4.69) is 5.32 Å². The fraction of sp³-hybridized carbons (Fsp3) is 0.479. The number of ether oxygens (including phenoxy) is 4. The van der Waals surface area contributed by atoms with Crippen LogP contribution in [-0.2, 0) is 23.8 Å². The number of cyclic esters (lactones) is 1. The smallest absolute Gasteiger partial charge is 0.347 e. The number of carbonyl (C=O) groups is 3. The Balaban J connectivity index is 1.64. The van der Waals surface area contributed by atoms with Crippen molar-refractivity contribution in [2.24, 2.45) is 23.7 Å². The van der Waals surface area contributed by atoms with Crippen LogP contribution in [0.15, 0.2) is 57.5 Å². The molecule has 65 heavy (non-hydrogen) atoms. The van der Waals surface area contributed by atoms with Gasteiger partial charge in [-0.25, -0.2) is 9.78 Å². The largest absolute Gasteiger partial charge is 0.505 e. The molecule has 8 atom stereocenters. The molecule has 6 N–H and O–H groups in total. The van der Waals surface area contributed by atoms with E-state index in [0.29, 0.717) is 31.6 Å². The lowest BCUT2D eigenvalue weighted by molar-refractivity contribution is -0.160. The molecular weight excluding hydrogens is 843 g/mol. The number of aromatic nitrogens is 1. The standard InChI is InChI=1S/C48H59N3O14/c1-10-62-45-27(7)42(57)35-34-36(45)48(60)63-19-16-32(61-9)24(4)44(64-28(8)52)26(6)41(56)25(5)40(55)22(2)12-11-13-23(3)47(59)50-39(43(35)58)46-38(34)49-37-31(54)20-29(21-33(37)65-46)51-17-14-30(53)15-18-51/h11-13,16,19-22,24-26,30,32,40-41,44,53-56,58H,10,14-15,17-18H2,1-9H3,(H,50,59)/b12-11+,19-16+,23-13-/t22-,24+,25+,26+,32-,40-,41+,44+/m0/s1. The molecule has 2 aliphatic rings. The van der Waals surface area contributed by atoms with Crippen molar-refractivity contribution in [1.82, 2.24) is 4.98 Å². The minimum absolute atomic E-state index is 0.00287. The predicted molar refractivity (Wildman–Crippen MR) is 243 cm³/mol. The lowest BCUT2D eigenvalue weighted by atomic mass is 9.78. The molecule has 2 aliphatic heterocycles. The average Bonchev–Trinajstić information content (AvgIpc) is 3.27. The van der Waals surface area contributed by atoms with Crippen LogP contribution in [0.1, 0.15) is 77.2 Å². The first-order valence-electron chi connectivity index (χ1n) is 21.8. The molecule has 1 amide bonds. The number of rotatable bonds is 5.